The van der Waals surface area contributed by atoms with E-state index in [0.29, 0.717) is 13.1 Å². The van der Waals surface area contributed by atoms with E-state index in [1.807, 2.05) is 18.2 Å². The average molecular weight is 298 g/mol. The maximum atomic E-state index is 9.76. The summed E-state index contributed by atoms with van der Waals surface area (Å²) >= 11 is 0. The van der Waals surface area contributed by atoms with Crippen molar-refractivity contribution in [2.24, 2.45) is 0 Å². The number of hydrogen-bond donors (Lipinski definition) is 4. The summed E-state index contributed by atoms with van der Waals surface area (Å²) in [5.41, 5.74) is 3.63. The van der Waals surface area contributed by atoms with E-state index in [4.69, 9.17) is 0 Å². The highest BCUT2D eigenvalue weighted by atomic mass is 16.3. The lowest BCUT2D eigenvalue weighted by atomic mass is 10.0. The summed E-state index contributed by atoms with van der Waals surface area (Å²) in [6.07, 6.45) is -1.34. The van der Waals surface area contributed by atoms with Crippen molar-refractivity contribution in [1.82, 2.24) is 10.6 Å². The van der Waals surface area contributed by atoms with Gasteiger partial charge >= 0.3 is 0 Å². The molecule has 1 saturated heterocycles. The molecule has 0 bridgehead atoms. The molecule has 0 amide bonds. The molecule has 22 heavy (non-hydrogen) atoms. The van der Waals surface area contributed by atoms with E-state index >= 15 is 0 Å². The smallest absolute Gasteiger partial charge is 0.0976 e. The molecule has 1 aliphatic rings. The number of aliphatic hydroxyl groups is 2. The fourth-order valence-electron chi connectivity index (χ4n) is 2.79. The van der Waals surface area contributed by atoms with Crippen molar-refractivity contribution in [1.29, 1.82) is 0 Å². The quantitative estimate of drug-likeness (QED) is 0.668. The molecule has 1 fully saturated rings. The lowest BCUT2D eigenvalue weighted by Gasteiger charge is -2.16. The molecule has 2 aromatic rings. The van der Waals surface area contributed by atoms with Gasteiger partial charge in [-0.3, -0.25) is 0 Å². The van der Waals surface area contributed by atoms with Crippen LogP contribution in [0.25, 0.3) is 11.1 Å². The van der Waals surface area contributed by atoms with Crippen LogP contribution in [-0.2, 0) is 6.54 Å². The molecule has 0 aromatic heterocycles. The van der Waals surface area contributed by atoms with Gasteiger partial charge in [-0.1, -0.05) is 54.6 Å². The van der Waals surface area contributed by atoms with Crippen molar-refractivity contribution in [3.8, 4) is 11.1 Å². The zero-order chi connectivity index (χ0) is 15.4. The van der Waals surface area contributed by atoms with Crippen LogP contribution in [-0.4, -0.2) is 41.6 Å². The normalized spacial score (nSPS) is 24.5. The van der Waals surface area contributed by atoms with Crippen LogP contribution in [0.4, 0.5) is 0 Å². The Bertz CT molecular complexity index is 586. The van der Waals surface area contributed by atoms with Gasteiger partial charge in [0, 0.05) is 25.7 Å². The Hall–Kier alpha value is -1.72. The highest BCUT2D eigenvalue weighted by Crippen LogP contribution is 2.19. The first-order valence-electron chi connectivity index (χ1n) is 7.68. The van der Waals surface area contributed by atoms with Gasteiger partial charge in [-0.2, -0.15) is 0 Å². The lowest BCUT2D eigenvalue weighted by Crippen LogP contribution is -2.41. The van der Waals surface area contributed by atoms with E-state index < -0.39 is 12.2 Å². The minimum atomic E-state index is -0.687. The van der Waals surface area contributed by atoms with E-state index in [2.05, 4.69) is 47.0 Å². The number of β-amino-alcohol motifs (C(OH)–C–C–N with tert-alkyl or cyclic N) is 1. The minimum absolute atomic E-state index is 0.0846. The van der Waals surface area contributed by atoms with Gasteiger partial charge in [-0.15, -0.1) is 0 Å². The van der Waals surface area contributed by atoms with E-state index in [0.717, 1.165) is 6.54 Å². The lowest BCUT2D eigenvalue weighted by molar-refractivity contribution is 0.0407. The van der Waals surface area contributed by atoms with Gasteiger partial charge in [0.15, 0.2) is 0 Å². The molecule has 116 valence electrons. The Kier molecular flexibility index (Phi) is 4.85. The number of nitrogens with one attached hydrogen (secondary N) is 2. The Morgan fingerprint density at radius 1 is 0.955 bits per heavy atom. The third-order valence-electron chi connectivity index (χ3n) is 4.15. The standard InChI is InChI=1S/C18H22N2O2/c21-17-12-20-16(18(17)22)11-19-10-13-6-8-15(9-7-13)14-4-2-1-3-5-14/h1-9,16-22H,10-12H2/t16-,17-,18+/m0/s1. The van der Waals surface area contributed by atoms with Crippen LogP contribution in [0.2, 0.25) is 0 Å². The molecule has 1 aliphatic heterocycles. The summed E-state index contributed by atoms with van der Waals surface area (Å²) in [6.45, 7) is 1.84. The molecule has 0 spiro atoms. The Balaban J connectivity index is 1.51. The number of benzene rings is 2. The monoisotopic (exact) mass is 298 g/mol. The number of hydrogen-bond acceptors (Lipinski definition) is 4. The predicted octanol–water partition coefficient (Wildman–Crippen LogP) is 1.14. The first kappa shape index (κ1) is 15.2. The van der Waals surface area contributed by atoms with Crippen molar-refractivity contribution >= 4 is 0 Å². The molecule has 2 aromatic carbocycles. The summed E-state index contributed by atoms with van der Waals surface area (Å²) in [7, 11) is 0. The molecule has 4 nitrogen and oxygen atoms in total. The minimum Gasteiger partial charge on any atom is -0.389 e. The second-order valence-electron chi connectivity index (χ2n) is 5.77. The van der Waals surface area contributed by atoms with Crippen LogP contribution >= 0.6 is 0 Å². The average Bonchev–Trinajstić information content (AvgIpc) is 2.88. The predicted molar refractivity (Wildman–Crippen MR) is 87.4 cm³/mol. The fourth-order valence-corrected chi connectivity index (χ4v) is 2.79. The summed E-state index contributed by atoms with van der Waals surface area (Å²) in [5, 5.41) is 25.7. The van der Waals surface area contributed by atoms with Crippen molar-refractivity contribution in [2.45, 2.75) is 24.8 Å². The van der Waals surface area contributed by atoms with Crippen molar-refractivity contribution in [2.75, 3.05) is 13.1 Å². The third-order valence-corrected chi connectivity index (χ3v) is 4.15. The molecule has 0 aliphatic carbocycles. The second-order valence-corrected chi connectivity index (χ2v) is 5.77. The SMILES string of the molecule is O[C@@H]1[C@H](CNCc2ccc(-c3ccccc3)cc2)NC[C@@H]1O. The van der Waals surface area contributed by atoms with Crippen LogP contribution in [0.3, 0.4) is 0 Å². The molecular weight excluding hydrogens is 276 g/mol. The topological polar surface area (TPSA) is 64.5 Å². The van der Waals surface area contributed by atoms with Crippen molar-refractivity contribution in [3.63, 3.8) is 0 Å². The maximum Gasteiger partial charge on any atom is 0.0976 e. The van der Waals surface area contributed by atoms with Gasteiger partial charge in [0.1, 0.15) is 0 Å². The fraction of sp³-hybridized carbons (Fsp3) is 0.333. The molecule has 3 atom stereocenters. The highest BCUT2D eigenvalue weighted by Gasteiger charge is 2.32. The molecule has 0 unspecified atom stereocenters. The van der Waals surface area contributed by atoms with E-state index in [-0.39, 0.29) is 6.04 Å². The van der Waals surface area contributed by atoms with Crippen molar-refractivity contribution in [3.05, 3.63) is 60.2 Å². The maximum absolute atomic E-state index is 9.76. The second kappa shape index (κ2) is 7.03. The molecule has 4 heteroatoms. The van der Waals surface area contributed by atoms with Crippen LogP contribution in [0.5, 0.6) is 0 Å². The largest absolute Gasteiger partial charge is 0.389 e. The Morgan fingerprint density at radius 2 is 1.64 bits per heavy atom. The molecule has 0 saturated carbocycles. The summed E-state index contributed by atoms with van der Waals surface area (Å²) in [4.78, 5) is 0. The number of rotatable bonds is 5. The van der Waals surface area contributed by atoms with Gasteiger partial charge in [0.2, 0.25) is 0 Å². The summed E-state index contributed by atoms with van der Waals surface area (Å²) in [6, 6.07) is 18.7. The molecule has 3 rings (SSSR count). The van der Waals surface area contributed by atoms with Gasteiger partial charge in [-0.25, -0.2) is 0 Å². The zero-order valence-corrected chi connectivity index (χ0v) is 12.4. The summed E-state index contributed by atoms with van der Waals surface area (Å²) in [5.74, 6) is 0. The number of aliphatic hydroxyl groups excluding tert-OH is 2. The van der Waals surface area contributed by atoms with Crippen LogP contribution < -0.4 is 10.6 Å². The Labute approximate surface area is 130 Å². The van der Waals surface area contributed by atoms with Crippen LogP contribution in [0, 0.1) is 0 Å². The van der Waals surface area contributed by atoms with E-state index in [9.17, 15) is 10.2 Å². The van der Waals surface area contributed by atoms with Gasteiger partial charge < -0.3 is 20.8 Å². The van der Waals surface area contributed by atoms with Gasteiger partial charge in [-0.05, 0) is 16.7 Å². The first-order chi connectivity index (χ1) is 10.7. The van der Waals surface area contributed by atoms with Crippen LogP contribution in [0.1, 0.15) is 5.56 Å². The summed E-state index contributed by atoms with van der Waals surface area (Å²) < 4.78 is 0. The zero-order valence-electron chi connectivity index (χ0n) is 12.4. The Morgan fingerprint density at radius 3 is 2.27 bits per heavy atom. The first-order valence-corrected chi connectivity index (χ1v) is 7.68. The van der Waals surface area contributed by atoms with Gasteiger partial charge in [0.25, 0.3) is 0 Å². The molecule has 4 N–H and O–H groups in total. The molecule has 1 heterocycles. The van der Waals surface area contributed by atoms with Crippen molar-refractivity contribution < 1.29 is 10.2 Å². The van der Waals surface area contributed by atoms with E-state index in [1.165, 1.54) is 16.7 Å². The molecule has 0 radical (unpaired) electrons. The van der Waals surface area contributed by atoms with E-state index in [1.54, 1.807) is 0 Å². The highest BCUT2D eigenvalue weighted by molar-refractivity contribution is 5.63. The third kappa shape index (κ3) is 3.54. The molecular formula is C18H22N2O2. The van der Waals surface area contributed by atoms with Crippen LogP contribution in [0.15, 0.2) is 54.6 Å². The van der Waals surface area contributed by atoms with Gasteiger partial charge in [0.05, 0.1) is 12.2 Å².